The molecule has 0 aliphatic heterocycles. The third-order valence-corrected chi connectivity index (χ3v) is 4.03. The fourth-order valence-electron chi connectivity index (χ4n) is 2.45. The Morgan fingerprint density at radius 3 is 2.00 bits per heavy atom. The first kappa shape index (κ1) is 21.1. The van der Waals surface area contributed by atoms with Crippen LogP contribution in [0, 0.1) is 36.0 Å². The number of carbonyl (C=O) groups is 1. The number of hydrogen-bond acceptors (Lipinski definition) is 2. The number of aromatic amines is 1. The predicted octanol–water partition coefficient (Wildman–Crippen LogP) is 4.43. The topological polar surface area (TPSA) is 54.9 Å². The van der Waals surface area contributed by atoms with Gasteiger partial charge in [-0.1, -0.05) is 24.3 Å². The van der Waals surface area contributed by atoms with E-state index in [0.29, 0.717) is 5.57 Å². The smallest absolute Gasteiger partial charge is 0.282 e. The van der Waals surface area contributed by atoms with Crippen LogP contribution in [-0.4, -0.2) is 15.6 Å². The van der Waals surface area contributed by atoms with E-state index in [1.54, 1.807) is 19.9 Å². The van der Waals surface area contributed by atoms with Crippen LogP contribution in [0.5, 0.6) is 0 Å². The molecule has 28 heavy (non-hydrogen) atoms. The Kier molecular flexibility index (Phi) is 5.86. The van der Waals surface area contributed by atoms with Gasteiger partial charge in [-0.3, -0.25) is 14.7 Å². The number of H-pyrrole nitrogens is 1. The van der Waals surface area contributed by atoms with Gasteiger partial charge in [0.15, 0.2) is 29.1 Å². The predicted molar refractivity (Wildman–Crippen MR) is 93.0 cm³/mol. The zero-order chi connectivity index (χ0) is 21.3. The zero-order valence-electron chi connectivity index (χ0n) is 15.1. The van der Waals surface area contributed by atoms with Crippen molar-refractivity contribution >= 4 is 5.78 Å². The molecule has 0 fully saturated rings. The summed E-state index contributed by atoms with van der Waals surface area (Å²) in [6.45, 7) is 8.14. The van der Waals surface area contributed by atoms with Gasteiger partial charge in [0, 0.05) is 11.3 Å². The molecule has 1 aromatic carbocycles. The van der Waals surface area contributed by atoms with Crippen molar-refractivity contribution in [2.75, 3.05) is 0 Å². The minimum Gasteiger partial charge on any atom is -0.294 e. The van der Waals surface area contributed by atoms with Crippen LogP contribution in [0.2, 0.25) is 0 Å². The number of Topliss-reactive ketones (excluding diaryl/α,β-unsaturated/α-hetero) is 1. The number of carbonyl (C=O) groups excluding carboxylic acids is 1. The standard InChI is InChI=1S/C19H15F5N2O2/c1-5-8(3)7-10(6-2)18(27)11-9(4)25-26(19(11)28)17-15(23)13(21)12(20)14(22)16(17)24/h5-7,25H,2H2,1,3-4H3/b8-5-,10-7+. The van der Waals surface area contributed by atoms with E-state index in [0.717, 1.165) is 0 Å². The number of aromatic nitrogens is 2. The summed E-state index contributed by atoms with van der Waals surface area (Å²) in [5.74, 6) is -12.0. The SMILES string of the molecule is C=C/C(=C\C(C)=C/C)C(=O)c1c(C)[nH]n(-c2c(F)c(F)c(F)c(F)c2F)c1=O. The van der Waals surface area contributed by atoms with Crippen molar-refractivity contribution in [3.8, 4) is 5.69 Å². The van der Waals surface area contributed by atoms with E-state index in [4.69, 9.17) is 0 Å². The number of nitrogens with zero attached hydrogens (tertiary/aromatic N) is 1. The molecule has 0 aliphatic rings. The van der Waals surface area contributed by atoms with Gasteiger partial charge in [0.05, 0.1) is 0 Å². The lowest BCUT2D eigenvalue weighted by atomic mass is 10.0. The molecule has 1 heterocycles. The number of benzene rings is 1. The summed E-state index contributed by atoms with van der Waals surface area (Å²) in [5.41, 5.74) is -2.71. The number of halogens is 5. The van der Waals surface area contributed by atoms with Crippen molar-refractivity contribution in [3.05, 3.63) is 86.7 Å². The highest BCUT2D eigenvalue weighted by Crippen LogP contribution is 2.25. The Morgan fingerprint density at radius 1 is 1.04 bits per heavy atom. The van der Waals surface area contributed by atoms with Crippen LogP contribution in [0.25, 0.3) is 5.69 Å². The van der Waals surface area contributed by atoms with Gasteiger partial charge in [-0.05, 0) is 26.8 Å². The molecule has 1 aromatic heterocycles. The Hall–Kier alpha value is -3.23. The first-order chi connectivity index (χ1) is 13.1. The van der Waals surface area contributed by atoms with Crippen LogP contribution in [0.4, 0.5) is 22.0 Å². The average molecular weight is 398 g/mol. The van der Waals surface area contributed by atoms with Crippen LogP contribution in [0.1, 0.15) is 29.9 Å². The van der Waals surface area contributed by atoms with Crippen LogP contribution >= 0.6 is 0 Å². The first-order valence-corrected chi connectivity index (χ1v) is 7.91. The molecule has 4 nitrogen and oxygen atoms in total. The fraction of sp³-hybridized carbons (Fsp3) is 0.158. The summed E-state index contributed by atoms with van der Waals surface area (Å²) < 4.78 is 68.3. The lowest BCUT2D eigenvalue weighted by molar-refractivity contribution is 0.103. The molecular formula is C19H15F5N2O2. The number of nitrogens with one attached hydrogen (secondary N) is 1. The Bertz CT molecular complexity index is 1080. The second kappa shape index (κ2) is 7.79. The first-order valence-electron chi connectivity index (χ1n) is 7.91. The molecule has 9 heteroatoms. The van der Waals surface area contributed by atoms with Crippen molar-refractivity contribution in [1.29, 1.82) is 0 Å². The highest BCUT2D eigenvalue weighted by Gasteiger charge is 2.30. The second-order valence-electron chi connectivity index (χ2n) is 5.84. The molecule has 2 rings (SSSR count). The molecule has 0 radical (unpaired) electrons. The molecule has 0 bridgehead atoms. The minimum absolute atomic E-state index is 0.0133. The maximum atomic E-state index is 14.0. The molecule has 0 atom stereocenters. The molecule has 1 N–H and O–H groups in total. The highest BCUT2D eigenvalue weighted by atomic mass is 19.2. The Morgan fingerprint density at radius 2 is 1.54 bits per heavy atom. The van der Waals surface area contributed by atoms with Gasteiger partial charge in [-0.25, -0.2) is 26.6 Å². The number of aryl methyl sites for hydroxylation is 1. The highest BCUT2D eigenvalue weighted by molar-refractivity contribution is 6.11. The summed E-state index contributed by atoms with van der Waals surface area (Å²) in [7, 11) is 0. The molecule has 0 unspecified atom stereocenters. The average Bonchev–Trinajstić information content (AvgIpc) is 2.96. The van der Waals surface area contributed by atoms with Crippen molar-refractivity contribution in [2.45, 2.75) is 20.8 Å². The van der Waals surface area contributed by atoms with E-state index in [9.17, 15) is 31.5 Å². The van der Waals surface area contributed by atoms with Crippen molar-refractivity contribution < 1.29 is 26.7 Å². The maximum absolute atomic E-state index is 14.0. The summed E-state index contributed by atoms with van der Waals surface area (Å²) in [6.07, 6.45) is 4.31. The molecule has 0 aliphatic carbocycles. The van der Waals surface area contributed by atoms with E-state index >= 15 is 0 Å². The van der Waals surface area contributed by atoms with Crippen LogP contribution in [0.3, 0.4) is 0 Å². The lowest BCUT2D eigenvalue weighted by Crippen LogP contribution is -2.24. The van der Waals surface area contributed by atoms with Gasteiger partial charge in [-0.15, -0.1) is 0 Å². The number of rotatable bonds is 5. The Balaban J connectivity index is 2.77. The van der Waals surface area contributed by atoms with Gasteiger partial charge >= 0.3 is 0 Å². The van der Waals surface area contributed by atoms with Crippen LogP contribution in [0.15, 0.2) is 40.7 Å². The molecule has 0 spiro atoms. The van der Waals surface area contributed by atoms with Crippen LogP contribution in [-0.2, 0) is 0 Å². The molecule has 0 amide bonds. The summed E-state index contributed by atoms with van der Waals surface area (Å²) in [5, 5.41) is 2.18. The van der Waals surface area contributed by atoms with Gasteiger partial charge in [0.25, 0.3) is 5.56 Å². The fourth-order valence-corrected chi connectivity index (χ4v) is 2.45. The third kappa shape index (κ3) is 3.35. The van der Waals surface area contributed by atoms with Crippen molar-refractivity contribution in [1.82, 2.24) is 9.78 Å². The summed E-state index contributed by atoms with van der Waals surface area (Å²) >= 11 is 0. The zero-order valence-corrected chi connectivity index (χ0v) is 15.1. The lowest BCUT2D eigenvalue weighted by Gasteiger charge is -2.08. The van der Waals surface area contributed by atoms with Crippen molar-refractivity contribution in [2.24, 2.45) is 0 Å². The van der Waals surface area contributed by atoms with E-state index in [2.05, 4.69) is 11.7 Å². The third-order valence-electron chi connectivity index (χ3n) is 4.03. The molecule has 0 saturated carbocycles. The maximum Gasteiger partial charge on any atom is 0.282 e. The minimum atomic E-state index is -2.36. The van der Waals surface area contributed by atoms with Gasteiger partial charge in [0.2, 0.25) is 5.82 Å². The van der Waals surface area contributed by atoms with E-state index in [1.807, 2.05) is 0 Å². The van der Waals surface area contributed by atoms with E-state index in [-0.39, 0.29) is 15.9 Å². The quantitative estimate of drug-likeness (QED) is 0.202. The second-order valence-corrected chi connectivity index (χ2v) is 5.84. The molecular weight excluding hydrogens is 383 g/mol. The summed E-state index contributed by atoms with van der Waals surface area (Å²) in [6, 6.07) is 0. The number of allylic oxidation sites excluding steroid dienone is 5. The Labute approximate surface area is 156 Å². The van der Waals surface area contributed by atoms with Crippen LogP contribution < -0.4 is 5.56 Å². The number of ketones is 1. The van der Waals surface area contributed by atoms with Gasteiger partial charge in [0.1, 0.15) is 11.3 Å². The van der Waals surface area contributed by atoms with Gasteiger partial charge in [-0.2, -0.15) is 0 Å². The monoisotopic (exact) mass is 398 g/mol. The molecule has 0 saturated heterocycles. The largest absolute Gasteiger partial charge is 0.294 e. The number of hydrogen-bond donors (Lipinski definition) is 1. The van der Waals surface area contributed by atoms with E-state index < -0.39 is 51.7 Å². The van der Waals surface area contributed by atoms with Crippen molar-refractivity contribution in [3.63, 3.8) is 0 Å². The van der Waals surface area contributed by atoms with E-state index in [1.165, 1.54) is 19.1 Å². The molecule has 148 valence electrons. The summed E-state index contributed by atoms with van der Waals surface area (Å²) in [4.78, 5) is 25.3. The molecule has 2 aromatic rings. The normalized spacial score (nSPS) is 12.4. The van der Waals surface area contributed by atoms with Gasteiger partial charge < -0.3 is 0 Å².